The van der Waals surface area contributed by atoms with E-state index in [0.29, 0.717) is 22.7 Å². The van der Waals surface area contributed by atoms with Gasteiger partial charge in [0, 0.05) is 16.7 Å². The Hall–Kier alpha value is -2.74. The summed E-state index contributed by atoms with van der Waals surface area (Å²) < 4.78 is 37.5. The smallest absolute Gasteiger partial charge is 0.324 e. The highest BCUT2D eigenvalue weighted by Crippen LogP contribution is 2.33. The van der Waals surface area contributed by atoms with Crippen molar-refractivity contribution >= 4 is 41.0 Å². The summed E-state index contributed by atoms with van der Waals surface area (Å²) in [6, 6.07) is 9.67. The molecular formula is C18H13F3N2O2S. The number of benzene rings is 2. The van der Waals surface area contributed by atoms with E-state index in [9.17, 15) is 22.8 Å². The molecule has 0 bridgehead atoms. The molecule has 0 spiro atoms. The van der Waals surface area contributed by atoms with E-state index in [1.165, 1.54) is 36.0 Å². The Balaban J connectivity index is 1.64. The Morgan fingerprint density at radius 1 is 1.15 bits per heavy atom. The normalized spacial score (nSPS) is 14.0. The summed E-state index contributed by atoms with van der Waals surface area (Å²) in [4.78, 5) is 24.3. The van der Waals surface area contributed by atoms with Gasteiger partial charge in [0.2, 0.25) is 11.8 Å². The van der Waals surface area contributed by atoms with Crippen molar-refractivity contribution < 1.29 is 22.8 Å². The van der Waals surface area contributed by atoms with Crippen LogP contribution in [0.15, 0.2) is 53.4 Å². The molecule has 26 heavy (non-hydrogen) atoms. The molecule has 0 unspecified atom stereocenters. The molecule has 0 saturated heterocycles. The van der Waals surface area contributed by atoms with Gasteiger partial charge in [-0.05, 0) is 42.0 Å². The Morgan fingerprint density at radius 2 is 1.88 bits per heavy atom. The number of anilines is 2. The van der Waals surface area contributed by atoms with Crippen molar-refractivity contribution in [2.45, 2.75) is 11.1 Å². The fourth-order valence-electron chi connectivity index (χ4n) is 2.30. The lowest BCUT2D eigenvalue weighted by atomic mass is 10.1. The van der Waals surface area contributed by atoms with Crippen molar-refractivity contribution in [2.75, 3.05) is 16.4 Å². The van der Waals surface area contributed by atoms with Crippen molar-refractivity contribution in [3.63, 3.8) is 0 Å². The zero-order valence-electron chi connectivity index (χ0n) is 13.3. The fourth-order valence-corrected chi connectivity index (χ4v) is 3.09. The number of nitrogens with one attached hydrogen (secondary N) is 2. The van der Waals surface area contributed by atoms with Crippen molar-refractivity contribution in [3.8, 4) is 0 Å². The molecule has 2 aromatic rings. The summed E-state index contributed by atoms with van der Waals surface area (Å²) in [5.74, 6) is -0.179. The standard InChI is InChI=1S/C18H13F3N2O2S/c19-18(20,21)12-4-1-11(2-5-12)3-8-16(24)22-13-6-7-15-14(9-13)23-17(25)10-26-15/h1-9H,10H2,(H,22,24)(H,23,25)/b8-3+. The maximum Gasteiger partial charge on any atom is 0.416 e. The third-order valence-corrected chi connectivity index (χ3v) is 4.62. The third-order valence-electron chi connectivity index (χ3n) is 3.55. The van der Waals surface area contributed by atoms with Crippen LogP contribution >= 0.6 is 11.8 Å². The molecule has 134 valence electrons. The third kappa shape index (κ3) is 4.45. The van der Waals surface area contributed by atoms with Crippen LogP contribution in [-0.4, -0.2) is 17.6 Å². The van der Waals surface area contributed by atoms with Crippen LogP contribution in [0.5, 0.6) is 0 Å². The highest BCUT2D eigenvalue weighted by atomic mass is 32.2. The summed E-state index contributed by atoms with van der Waals surface area (Å²) >= 11 is 1.42. The number of carbonyl (C=O) groups is 2. The summed E-state index contributed by atoms with van der Waals surface area (Å²) in [7, 11) is 0. The molecule has 8 heteroatoms. The van der Waals surface area contributed by atoms with E-state index in [1.54, 1.807) is 18.2 Å². The van der Waals surface area contributed by atoms with Crippen LogP contribution < -0.4 is 10.6 Å². The van der Waals surface area contributed by atoms with E-state index in [1.807, 2.05) is 0 Å². The van der Waals surface area contributed by atoms with Gasteiger partial charge in [0.15, 0.2) is 0 Å². The minimum absolute atomic E-state index is 0.104. The number of hydrogen-bond donors (Lipinski definition) is 2. The number of thioether (sulfide) groups is 1. The fraction of sp³-hybridized carbons (Fsp3) is 0.111. The van der Waals surface area contributed by atoms with Crippen LogP contribution in [0.1, 0.15) is 11.1 Å². The molecule has 0 atom stereocenters. The first-order valence-electron chi connectivity index (χ1n) is 7.54. The topological polar surface area (TPSA) is 58.2 Å². The van der Waals surface area contributed by atoms with Crippen molar-refractivity contribution in [1.82, 2.24) is 0 Å². The van der Waals surface area contributed by atoms with Crippen LogP contribution in [0.4, 0.5) is 24.5 Å². The van der Waals surface area contributed by atoms with Gasteiger partial charge in [-0.15, -0.1) is 11.8 Å². The van der Waals surface area contributed by atoms with Gasteiger partial charge in [0.1, 0.15) is 0 Å². The molecule has 2 amide bonds. The predicted octanol–water partition coefficient (Wildman–Crippen LogP) is 4.40. The zero-order valence-corrected chi connectivity index (χ0v) is 14.1. The van der Waals surface area contributed by atoms with Gasteiger partial charge in [-0.1, -0.05) is 12.1 Å². The Morgan fingerprint density at radius 3 is 2.58 bits per heavy atom. The summed E-state index contributed by atoms with van der Waals surface area (Å²) in [5, 5.41) is 5.37. The highest BCUT2D eigenvalue weighted by molar-refractivity contribution is 8.00. The second-order valence-electron chi connectivity index (χ2n) is 5.49. The van der Waals surface area contributed by atoms with Gasteiger partial charge >= 0.3 is 6.18 Å². The van der Waals surface area contributed by atoms with Gasteiger partial charge in [-0.2, -0.15) is 13.2 Å². The minimum Gasteiger partial charge on any atom is -0.324 e. The van der Waals surface area contributed by atoms with Crippen molar-refractivity contribution in [2.24, 2.45) is 0 Å². The van der Waals surface area contributed by atoms with Gasteiger partial charge < -0.3 is 10.6 Å². The molecule has 0 fully saturated rings. The van der Waals surface area contributed by atoms with Gasteiger partial charge in [-0.3, -0.25) is 9.59 Å². The lowest BCUT2D eigenvalue weighted by molar-refractivity contribution is -0.137. The van der Waals surface area contributed by atoms with Crippen LogP contribution in [-0.2, 0) is 15.8 Å². The summed E-state index contributed by atoms with van der Waals surface area (Å²) in [6.07, 6.45) is -1.74. The zero-order chi connectivity index (χ0) is 18.7. The van der Waals surface area contributed by atoms with Crippen molar-refractivity contribution in [3.05, 3.63) is 59.7 Å². The number of halogens is 3. The molecular weight excluding hydrogens is 365 g/mol. The molecule has 0 saturated carbocycles. The number of hydrogen-bond acceptors (Lipinski definition) is 3. The molecule has 1 aliphatic rings. The van der Waals surface area contributed by atoms with E-state index in [0.717, 1.165) is 17.0 Å². The van der Waals surface area contributed by atoms with Crippen LogP contribution in [0.2, 0.25) is 0 Å². The largest absolute Gasteiger partial charge is 0.416 e. The number of alkyl halides is 3. The highest BCUT2D eigenvalue weighted by Gasteiger charge is 2.29. The molecule has 0 aromatic heterocycles. The average molecular weight is 378 g/mol. The molecule has 2 N–H and O–H groups in total. The SMILES string of the molecule is O=C(/C=C/c1ccc(C(F)(F)F)cc1)Nc1ccc2c(c1)NC(=O)CS2. The second kappa shape index (κ2) is 7.25. The van der Waals surface area contributed by atoms with Crippen LogP contribution in [0, 0.1) is 0 Å². The quantitative estimate of drug-likeness (QED) is 0.779. The molecule has 0 radical (unpaired) electrons. The summed E-state index contributed by atoms with van der Waals surface area (Å²) in [5.41, 5.74) is 0.875. The Kier molecular flexibility index (Phi) is 5.03. The monoisotopic (exact) mass is 378 g/mol. The first-order chi connectivity index (χ1) is 12.3. The van der Waals surface area contributed by atoms with Gasteiger partial charge in [-0.25, -0.2) is 0 Å². The minimum atomic E-state index is -4.39. The molecule has 2 aromatic carbocycles. The summed E-state index contributed by atoms with van der Waals surface area (Å²) in [6.45, 7) is 0. The number of fused-ring (bicyclic) bond motifs is 1. The second-order valence-corrected chi connectivity index (χ2v) is 6.51. The first-order valence-corrected chi connectivity index (χ1v) is 8.53. The molecule has 0 aliphatic carbocycles. The Bertz CT molecular complexity index is 877. The van der Waals surface area contributed by atoms with Crippen molar-refractivity contribution in [1.29, 1.82) is 0 Å². The number of carbonyl (C=O) groups excluding carboxylic acids is 2. The molecule has 1 heterocycles. The molecule has 1 aliphatic heterocycles. The maximum absolute atomic E-state index is 12.5. The van der Waals surface area contributed by atoms with E-state index in [2.05, 4.69) is 10.6 Å². The lowest BCUT2D eigenvalue weighted by Gasteiger charge is -2.17. The lowest BCUT2D eigenvalue weighted by Crippen LogP contribution is -2.19. The van der Waals surface area contributed by atoms with E-state index in [4.69, 9.17) is 0 Å². The Labute approximate surface area is 151 Å². The van der Waals surface area contributed by atoms with E-state index < -0.39 is 17.6 Å². The van der Waals surface area contributed by atoms with Crippen LogP contribution in [0.25, 0.3) is 6.08 Å². The number of amides is 2. The first kappa shape index (κ1) is 18.1. The van der Waals surface area contributed by atoms with E-state index >= 15 is 0 Å². The predicted molar refractivity (Wildman–Crippen MR) is 94.9 cm³/mol. The van der Waals surface area contributed by atoms with Crippen LogP contribution in [0.3, 0.4) is 0 Å². The molecule has 4 nitrogen and oxygen atoms in total. The average Bonchev–Trinajstić information content (AvgIpc) is 2.59. The van der Waals surface area contributed by atoms with Gasteiger partial charge in [0.25, 0.3) is 0 Å². The van der Waals surface area contributed by atoms with Gasteiger partial charge in [0.05, 0.1) is 17.0 Å². The molecule has 3 rings (SSSR count). The van der Waals surface area contributed by atoms with E-state index in [-0.39, 0.29) is 5.91 Å². The maximum atomic E-state index is 12.5. The number of rotatable bonds is 3.